The van der Waals surface area contributed by atoms with Crippen molar-refractivity contribution in [1.82, 2.24) is 4.98 Å². The summed E-state index contributed by atoms with van der Waals surface area (Å²) in [6, 6.07) is 9.02. The number of ether oxygens (including phenoxy) is 2. The van der Waals surface area contributed by atoms with Crippen molar-refractivity contribution in [3.8, 4) is 11.5 Å². The van der Waals surface area contributed by atoms with E-state index in [9.17, 15) is 0 Å². The molecule has 1 aromatic heterocycles. The van der Waals surface area contributed by atoms with Gasteiger partial charge in [-0.15, -0.1) is 0 Å². The summed E-state index contributed by atoms with van der Waals surface area (Å²) in [6.45, 7) is 2.09. The molecular weight excluding hydrogens is 304 g/mol. The van der Waals surface area contributed by atoms with Crippen LogP contribution in [-0.2, 0) is 11.4 Å². The standard InChI is InChI=1S/C16H17ClN2O3/c1-11-7-12(17)8-13(19-11)9-18-22-10-14-15(20-2)5-4-6-16(14)21-3/h4-9H,10H2,1-3H3/b18-9+. The van der Waals surface area contributed by atoms with Gasteiger partial charge in [-0.25, -0.2) is 0 Å². The molecule has 0 fully saturated rings. The zero-order chi connectivity index (χ0) is 15.9. The Bertz CT molecular complexity index is 632. The van der Waals surface area contributed by atoms with Crippen molar-refractivity contribution >= 4 is 17.8 Å². The smallest absolute Gasteiger partial charge is 0.149 e. The maximum atomic E-state index is 5.96. The Kier molecular flexibility index (Phi) is 5.61. The number of methoxy groups -OCH3 is 2. The molecule has 0 bridgehead atoms. The second-order valence-corrected chi connectivity index (χ2v) is 4.94. The molecule has 0 spiro atoms. The summed E-state index contributed by atoms with van der Waals surface area (Å²) >= 11 is 5.96. The quantitative estimate of drug-likeness (QED) is 0.602. The first-order valence-corrected chi connectivity index (χ1v) is 7.01. The van der Waals surface area contributed by atoms with Gasteiger partial charge < -0.3 is 14.3 Å². The van der Waals surface area contributed by atoms with Crippen molar-refractivity contribution in [3.63, 3.8) is 0 Å². The van der Waals surface area contributed by atoms with E-state index < -0.39 is 0 Å². The molecule has 2 aromatic rings. The van der Waals surface area contributed by atoms with Crippen molar-refractivity contribution in [1.29, 1.82) is 0 Å². The molecule has 22 heavy (non-hydrogen) atoms. The number of aryl methyl sites for hydroxylation is 1. The summed E-state index contributed by atoms with van der Waals surface area (Å²) in [5.74, 6) is 1.37. The van der Waals surface area contributed by atoms with Crippen molar-refractivity contribution < 1.29 is 14.3 Å². The molecule has 116 valence electrons. The highest BCUT2D eigenvalue weighted by Crippen LogP contribution is 2.28. The SMILES string of the molecule is COc1cccc(OC)c1CO/N=C/c1cc(Cl)cc(C)n1. The van der Waals surface area contributed by atoms with Crippen molar-refractivity contribution in [3.05, 3.63) is 52.3 Å². The maximum absolute atomic E-state index is 5.96. The van der Waals surface area contributed by atoms with Gasteiger partial charge in [-0.3, -0.25) is 4.98 Å². The molecule has 0 aliphatic rings. The monoisotopic (exact) mass is 320 g/mol. The molecule has 2 rings (SSSR count). The van der Waals surface area contributed by atoms with Crippen LogP contribution in [0.5, 0.6) is 11.5 Å². The normalized spacial score (nSPS) is 10.7. The number of oxime groups is 1. The highest BCUT2D eigenvalue weighted by molar-refractivity contribution is 6.30. The zero-order valence-electron chi connectivity index (χ0n) is 12.7. The Morgan fingerprint density at radius 1 is 1.18 bits per heavy atom. The molecule has 6 heteroatoms. The fraction of sp³-hybridized carbons (Fsp3) is 0.250. The van der Waals surface area contributed by atoms with Crippen LogP contribution in [-0.4, -0.2) is 25.4 Å². The number of pyridine rings is 1. The minimum atomic E-state index is 0.225. The molecule has 0 saturated heterocycles. The van der Waals surface area contributed by atoms with Crippen molar-refractivity contribution in [2.45, 2.75) is 13.5 Å². The lowest BCUT2D eigenvalue weighted by Crippen LogP contribution is -1.98. The molecule has 0 aliphatic carbocycles. The molecule has 0 aliphatic heterocycles. The second-order valence-electron chi connectivity index (χ2n) is 4.50. The molecule has 0 radical (unpaired) electrons. The van der Waals surface area contributed by atoms with Gasteiger partial charge in [0.2, 0.25) is 0 Å². The lowest BCUT2D eigenvalue weighted by molar-refractivity contribution is 0.127. The summed E-state index contributed by atoms with van der Waals surface area (Å²) < 4.78 is 10.6. The van der Waals surface area contributed by atoms with Gasteiger partial charge in [0.05, 0.1) is 31.7 Å². The van der Waals surface area contributed by atoms with Gasteiger partial charge in [0.1, 0.15) is 18.1 Å². The Morgan fingerprint density at radius 3 is 2.45 bits per heavy atom. The first-order chi connectivity index (χ1) is 10.6. The largest absolute Gasteiger partial charge is 0.496 e. The van der Waals surface area contributed by atoms with Gasteiger partial charge in [-0.2, -0.15) is 0 Å². The number of nitrogens with zero attached hydrogens (tertiary/aromatic N) is 2. The third-order valence-electron chi connectivity index (χ3n) is 2.94. The van der Waals surface area contributed by atoms with E-state index in [0.29, 0.717) is 22.2 Å². The lowest BCUT2D eigenvalue weighted by Gasteiger charge is -2.11. The summed E-state index contributed by atoms with van der Waals surface area (Å²) in [6.07, 6.45) is 1.51. The van der Waals surface area contributed by atoms with Crippen LogP contribution in [0.4, 0.5) is 0 Å². The van der Waals surface area contributed by atoms with Gasteiger partial charge >= 0.3 is 0 Å². The summed E-state index contributed by atoms with van der Waals surface area (Å²) in [4.78, 5) is 9.60. The molecule has 1 heterocycles. The zero-order valence-corrected chi connectivity index (χ0v) is 13.4. The van der Waals surface area contributed by atoms with Crippen LogP contribution in [0.1, 0.15) is 17.0 Å². The van der Waals surface area contributed by atoms with E-state index in [0.717, 1.165) is 11.3 Å². The minimum absolute atomic E-state index is 0.225. The van der Waals surface area contributed by atoms with E-state index in [-0.39, 0.29) is 6.61 Å². The number of rotatable bonds is 6. The molecule has 0 saturated carbocycles. The maximum Gasteiger partial charge on any atom is 0.149 e. The predicted octanol–water partition coefficient (Wildman–Crippen LogP) is 3.61. The minimum Gasteiger partial charge on any atom is -0.496 e. The third-order valence-corrected chi connectivity index (χ3v) is 3.15. The van der Waals surface area contributed by atoms with Gasteiger partial charge in [-0.1, -0.05) is 22.8 Å². The van der Waals surface area contributed by atoms with Gasteiger partial charge in [0, 0.05) is 10.7 Å². The molecular formula is C16H17ClN2O3. The van der Waals surface area contributed by atoms with E-state index in [1.54, 1.807) is 26.4 Å². The third kappa shape index (κ3) is 4.11. The topological polar surface area (TPSA) is 52.9 Å². The van der Waals surface area contributed by atoms with Gasteiger partial charge in [-0.05, 0) is 31.2 Å². The molecule has 0 atom stereocenters. The van der Waals surface area contributed by atoms with Crippen LogP contribution in [0.2, 0.25) is 5.02 Å². The van der Waals surface area contributed by atoms with E-state index in [4.69, 9.17) is 25.9 Å². The van der Waals surface area contributed by atoms with Crippen LogP contribution >= 0.6 is 11.6 Å². The highest BCUT2D eigenvalue weighted by atomic mass is 35.5. The van der Waals surface area contributed by atoms with Crippen LogP contribution in [0.3, 0.4) is 0 Å². The van der Waals surface area contributed by atoms with Crippen molar-refractivity contribution in [2.24, 2.45) is 5.16 Å². The van der Waals surface area contributed by atoms with Crippen LogP contribution in [0, 0.1) is 6.92 Å². The second kappa shape index (κ2) is 7.66. The van der Waals surface area contributed by atoms with Crippen LogP contribution in [0.25, 0.3) is 0 Å². The number of halogens is 1. The first kappa shape index (κ1) is 16.1. The molecule has 1 aromatic carbocycles. The average Bonchev–Trinajstić information content (AvgIpc) is 2.50. The summed E-state index contributed by atoms with van der Waals surface area (Å²) in [5.41, 5.74) is 2.25. The number of hydrogen-bond donors (Lipinski definition) is 0. The molecule has 5 nitrogen and oxygen atoms in total. The average molecular weight is 321 g/mol. The van der Waals surface area contributed by atoms with E-state index in [1.807, 2.05) is 25.1 Å². The van der Waals surface area contributed by atoms with Gasteiger partial charge in [0.25, 0.3) is 0 Å². The first-order valence-electron chi connectivity index (χ1n) is 6.63. The highest BCUT2D eigenvalue weighted by Gasteiger charge is 2.09. The van der Waals surface area contributed by atoms with E-state index >= 15 is 0 Å². The number of aromatic nitrogens is 1. The van der Waals surface area contributed by atoms with Crippen molar-refractivity contribution in [2.75, 3.05) is 14.2 Å². The van der Waals surface area contributed by atoms with E-state index in [1.165, 1.54) is 6.21 Å². The molecule has 0 amide bonds. The predicted molar refractivity (Wildman–Crippen MR) is 85.9 cm³/mol. The van der Waals surface area contributed by atoms with Crippen LogP contribution < -0.4 is 9.47 Å². The summed E-state index contributed by atoms with van der Waals surface area (Å²) in [7, 11) is 3.19. The Labute approximate surface area is 134 Å². The fourth-order valence-electron chi connectivity index (χ4n) is 1.98. The Balaban J connectivity index is 2.06. The van der Waals surface area contributed by atoms with Crippen LogP contribution in [0.15, 0.2) is 35.5 Å². The fourth-order valence-corrected chi connectivity index (χ4v) is 2.25. The Hall–Kier alpha value is -2.27. The summed E-state index contributed by atoms with van der Waals surface area (Å²) in [5, 5.41) is 4.52. The Morgan fingerprint density at radius 2 is 1.86 bits per heavy atom. The molecule has 0 N–H and O–H groups in total. The lowest BCUT2D eigenvalue weighted by atomic mass is 10.2. The number of benzene rings is 1. The number of hydrogen-bond acceptors (Lipinski definition) is 5. The van der Waals surface area contributed by atoms with E-state index in [2.05, 4.69) is 10.1 Å². The van der Waals surface area contributed by atoms with Gasteiger partial charge in [0.15, 0.2) is 0 Å². The molecule has 0 unspecified atom stereocenters.